The van der Waals surface area contributed by atoms with Crippen molar-refractivity contribution in [2.24, 2.45) is 0 Å². The van der Waals surface area contributed by atoms with Gasteiger partial charge < -0.3 is 9.64 Å². The van der Waals surface area contributed by atoms with Crippen LogP contribution in [0.15, 0.2) is 24.3 Å². The maximum absolute atomic E-state index is 11.9. The molecule has 0 radical (unpaired) electrons. The van der Waals surface area contributed by atoms with E-state index in [2.05, 4.69) is 15.1 Å². The second-order valence-corrected chi connectivity index (χ2v) is 5.80. The lowest BCUT2D eigenvalue weighted by atomic mass is 10.0. The van der Waals surface area contributed by atoms with Crippen LogP contribution in [-0.4, -0.2) is 29.3 Å². The molecule has 0 aliphatic carbocycles. The Kier molecular flexibility index (Phi) is 4.48. The molecule has 0 amide bonds. The van der Waals surface area contributed by atoms with E-state index >= 15 is 0 Å². The molecule has 0 saturated carbocycles. The maximum Gasteiger partial charge on any atom is 0.338 e. The molecule has 0 saturated heterocycles. The Bertz CT molecular complexity index is 749. The highest BCUT2D eigenvalue weighted by Crippen LogP contribution is 2.34. The van der Waals surface area contributed by atoms with E-state index in [0.29, 0.717) is 17.3 Å². The minimum atomic E-state index is -0.315. The summed E-state index contributed by atoms with van der Waals surface area (Å²) < 4.78 is 5.07. The summed E-state index contributed by atoms with van der Waals surface area (Å²) in [6.45, 7) is 4.95. The smallest absolute Gasteiger partial charge is 0.338 e. The van der Waals surface area contributed by atoms with Gasteiger partial charge in [0.15, 0.2) is 11.0 Å². The molecule has 0 spiro atoms. The van der Waals surface area contributed by atoms with Gasteiger partial charge >= 0.3 is 5.97 Å². The number of anilines is 2. The molecule has 6 heteroatoms. The van der Waals surface area contributed by atoms with Crippen LogP contribution < -0.4 is 4.90 Å². The standard InChI is InChI=1S/C17H18ClN3O2/c1-3-23-17(22)12-6-4-7-13(10-12)21-9-5-8-14-11(2)15(18)19-20-16(14)21/h4,6-7,10H,3,5,8-9H2,1-2H3. The van der Waals surface area contributed by atoms with Crippen LogP contribution in [0.5, 0.6) is 0 Å². The minimum Gasteiger partial charge on any atom is -0.462 e. The Morgan fingerprint density at radius 3 is 3.00 bits per heavy atom. The van der Waals surface area contributed by atoms with Gasteiger partial charge in [-0.25, -0.2) is 4.79 Å². The summed E-state index contributed by atoms with van der Waals surface area (Å²) in [4.78, 5) is 14.0. The molecule has 23 heavy (non-hydrogen) atoms. The van der Waals surface area contributed by atoms with Gasteiger partial charge in [-0.15, -0.1) is 10.2 Å². The fourth-order valence-electron chi connectivity index (χ4n) is 2.82. The van der Waals surface area contributed by atoms with Crippen molar-refractivity contribution in [2.75, 3.05) is 18.1 Å². The molecule has 0 N–H and O–H groups in total. The number of fused-ring (bicyclic) bond motifs is 1. The van der Waals surface area contributed by atoms with Crippen LogP contribution in [0.25, 0.3) is 0 Å². The minimum absolute atomic E-state index is 0.315. The zero-order valence-electron chi connectivity index (χ0n) is 13.2. The number of halogens is 1. The van der Waals surface area contributed by atoms with Crippen LogP contribution in [0.1, 0.15) is 34.8 Å². The number of nitrogens with zero attached hydrogens (tertiary/aromatic N) is 3. The van der Waals surface area contributed by atoms with E-state index in [1.807, 2.05) is 25.1 Å². The van der Waals surface area contributed by atoms with Crippen molar-refractivity contribution in [2.45, 2.75) is 26.7 Å². The predicted octanol–water partition coefficient (Wildman–Crippen LogP) is 3.70. The van der Waals surface area contributed by atoms with E-state index in [0.717, 1.165) is 42.0 Å². The molecule has 0 atom stereocenters. The molecule has 120 valence electrons. The van der Waals surface area contributed by atoms with Crippen LogP contribution in [0.3, 0.4) is 0 Å². The monoisotopic (exact) mass is 331 g/mol. The van der Waals surface area contributed by atoms with E-state index in [9.17, 15) is 4.79 Å². The Morgan fingerprint density at radius 2 is 2.22 bits per heavy atom. The van der Waals surface area contributed by atoms with Gasteiger partial charge in [0.2, 0.25) is 0 Å². The molecular weight excluding hydrogens is 314 g/mol. The first-order valence-corrected chi connectivity index (χ1v) is 8.06. The van der Waals surface area contributed by atoms with Crippen molar-refractivity contribution >= 4 is 29.1 Å². The molecule has 1 aromatic carbocycles. The van der Waals surface area contributed by atoms with Gasteiger partial charge in [-0.2, -0.15) is 0 Å². The second kappa shape index (κ2) is 6.54. The van der Waals surface area contributed by atoms with Gasteiger partial charge in [0, 0.05) is 17.8 Å². The van der Waals surface area contributed by atoms with Gasteiger partial charge in [0.1, 0.15) is 0 Å². The summed E-state index contributed by atoms with van der Waals surface area (Å²) in [5.41, 5.74) is 3.54. The maximum atomic E-state index is 11.9. The first-order valence-electron chi connectivity index (χ1n) is 7.68. The van der Waals surface area contributed by atoms with Crippen LogP contribution in [-0.2, 0) is 11.2 Å². The van der Waals surface area contributed by atoms with E-state index < -0.39 is 0 Å². The quantitative estimate of drug-likeness (QED) is 0.803. The van der Waals surface area contributed by atoms with Crippen LogP contribution in [0.4, 0.5) is 11.5 Å². The van der Waals surface area contributed by atoms with Gasteiger partial charge in [0.25, 0.3) is 0 Å². The fraction of sp³-hybridized carbons (Fsp3) is 0.353. The molecule has 0 bridgehead atoms. The Hall–Kier alpha value is -2.14. The van der Waals surface area contributed by atoms with Crippen LogP contribution in [0.2, 0.25) is 5.15 Å². The number of hydrogen-bond donors (Lipinski definition) is 0. The topological polar surface area (TPSA) is 55.3 Å². The molecule has 1 aliphatic rings. The molecular formula is C17H18ClN3O2. The Balaban J connectivity index is 2.00. The fourth-order valence-corrected chi connectivity index (χ4v) is 2.97. The third-order valence-electron chi connectivity index (χ3n) is 4.00. The summed E-state index contributed by atoms with van der Waals surface area (Å²) in [7, 11) is 0. The summed E-state index contributed by atoms with van der Waals surface area (Å²) >= 11 is 6.09. The number of hydrogen-bond acceptors (Lipinski definition) is 5. The average Bonchev–Trinajstić information content (AvgIpc) is 2.58. The second-order valence-electron chi connectivity index (χ2n) is 5.44. The van der Waals surface area contributed by atoms with Gasteiger partial charge in [-0.1, -0.05) is 17.7 Å². The number of esters is 1. The van der Waals surface area contributed by atoms with Crippen molar-refractivity contribution in [3.63, 3.8) is 0 Å². The zero-order valence-corrected chi connectivity index (χ0v) is 13.9. The number of ether oxygens (including phenoxy) is 1. The highest BCUT2D eigenvalue weighted by Gasteiger charge is 2.23. The van der Waals surface area contributed by atoms with Crippen LogP contribution >= 0.6 is 11.6 Å². The largest absolute Gasteiger partial charge is 0.462 e. The summed E-state index contributed by atoms with van der Waals surface area (Å²) in [6.07, 6.45) is 1.93. The summed E-state index contributed by atoms with van der Waals surface area (Å²) in [5.74, 6) is 0.504. The molecule has 2 aromatic rings. The first-order chi connectivity index (χ1) is 11.1. The zero-order chi connectivity index (χ0) is 16.4. The number of aromatic nitrogens is 2. The molecule has 2 heterocycles. The highest BCUT2D eigenvalue weighted by atomic mass is 35.5. The van der Waals surface area contributed by atoms with Gasteiger partial charge in [-0.3, -0.25) is 0 Å². The summed E-state index contributed by atoms with van der Waals surface area (Å²) in [6, 6.07) is 7.40. The normalized spacial score (nSPS) is 13.6. The van der Waals surface area contributed by atoms with Crippen molar-refractivity contribution in [3.05, 3.63) is 46.1 Å². The molecule has 0 fully saturated rings. The molecule has 5 nitrogen and oxygen atoms in total. The van der Waals surface area contributed by atoms with Crippen molar-refractivity contribution < 1.29 is 9.53 Å². The van der Waals surface area contributed by atoms with Crippen molar-refractivity contribution in [1.82, 2.24) is 10.2 Å². The molecule has 1 aliphatic heterocycles. The lowest BCUT2D eigenvalue weighted by molar-refractivity contribution is 0.0526. The predicted molar refractivity (Wildman–Crippen MR) is 89.5 cm³/mol. The number of rotatable bonds is 3. The number of benzene rings is 1. The molecule has 3 rings (SSSR count). The van der Waals surface area contributed by atoms with Gasteiger partial charge in [0.05, 0.1) is 12.2 Å². The summed E-state index contributed by atoms with van der Waals surface area (Å²) in [5, 5.41) is 8.76. The molecule has 0 unspecified atom stereocenters. The molecule has 1 aromatic heterocycles. The van der Waals surface area contributed by atoms with E-state index in [1.54, 1.807) is 13.0 Å². The first kappa shape index (κ1) is 15.7. The number of carbonyl (C=O) groups is 1. The Morgan fingerprint density at radius 1 is 1.39 bits per heavy atom. The van der Waals surface area contributed by atoms with E-state index in [1.165, 1.54) is 0 Å². The van der Waals surface area contributed by atoms with E-state index in [4.69, 9.17) is 16.3 Å². The lowest BCUT2D eigenvalue weighted by Crippen LogP contribution is -2.27. The number of carbonyl (C=O) groups excluding carboxylic acids is 1. The van der Waals surface area contributed by atoms with Crippen molar-refractivity contribution in [3.8, 4) is 0 Å². The average molecular weight is 332 g/mol. The Labute approximate surface area is 140 Å². The third-order valence-corrected chi connectivity index (χ3v) is 4.36. The van der Waals surface area contributed by atoms with Crippen LogP contribution in [0, 0.1) is 6.92 Å². The third kappa shape index (κ3) is 3.01. The lowest BCUT2D eigenvalue weighted by Gasteiger charge is -2.30. The van der Waals surface area contributed by atoms with E-state index in [-0.39, 0.29) is 5.97 Å². The van der Waals surface area contributed by atoms with Crippen molar-refractivity contribution in [1.29, 1.82) is 0 Å². The highest BCUT2D eigenvalue weighted by molar-refractivity contribution is 6.30. The SMILES string of the molecule is CCOC(=O)c1cccc(N2CCCc3c2nnc(Cl)c3C)c1. The van der Waals surface area contributed by atoms with Gasteiger partial charge in [-0.05, 0) is 50.5 Å².